The van der Waals surface area contributed by atoms with Gasteiger partial charge in [-0.05, 0) is 82.0 Å². The summed E-state index contributed by atoms with van der Waals surface area (Å²) in [6.45, 7) is 5.93. The highest BCUT2D eigenvalue weighted by Gasteiger charge is 2.38. The van der Waals surface area contributed by atoms with Crippen LogP contribution in [-0.2, 0) is 39.5 Å². The Morgan fingerprint density at radius 1 is 0.750 bits per heavy atom. The molecule has 0 aliphatic rings. The maximum Gasteiger partial charge on any atom is 0.412 e. The number of methoxy groups -OCH3 is 3. The summed E-state index contributed by atoms with van der Waals surface area (Å²) in [4.78, 5) is 19.5. The van der Waals surface area contributed by atoms with Crippen LogP contribution >= 0.6 is 0 Å². The van der Waals surface area contributed by atoms with Gasteiger partial charge in [0.1, 0.15) is 27.7 Å². The first kappa shape index (κ1) is 45.4. The monoisotopic (exact) mass is 924 g/mol. The standard InChI is InChI=1S/C44H48N8O9S2Si/c1-58-32-16-10-29(11-17-32)26-51(27-30-12-18-33(59-2)19-13-30)63(56,57)41-38(62(54,55)24-25-64(4,5)6)23-22-35(36-8-7-9-37-40(36)47-44(46-37)61-43(45)53)39(41)42-48-50-52(49-42)28-31-14-20-34(60-3)21-15-31/h7-23H,24-28H2,1-6H3,(H2,45,53)(H,46,47). The number of amides is 1. The first-order chi connectivity index (χ1) is 30.5. The summed E-state index contributed by atoms with van der Waals surface area (Å²) in [6.07, 6.45) is -1.10. The number of carbonyl (C=O) groups excluding carboxylic acids is 1. The molecule has 3 N–H and O–H groups in total. The van der Waals surface area contributed by atoms with Crippen LogP contribution in [0.5, 0.6) is 23.3 Å². The number of nitrogens with two attached hydrogens (primary N) is 1. The van der Waals surface area contributed by atoms with Crippen molar-refractivity contribution < 1.29 is 40.6 Å². The lowest BCUT2D eigenvalue weighted by molar-refractivity contribution is 0.207. The van der Waals surface area contributed by atoms with Crippen molar-refractivity contribution in [3.63, 3.8) is 0 Å². The predicted octanol–water partition coefficient (Wildman–Crippen LogP) is 6.92. The fourth-order valence-electron chi connectivity index (χ4n) is 6.96. The highest BCUT2D eigenvalue weighted by Crippen LogP contribution is 2.43. The van der Waals surface area contributed by atoms with Crippen LogP contribution in [0.3, 0.4) is 0 Å². The Hall–Kier alpha value is -6.61. The Balaban J connectivity index is 1.52. The minimum atomic E-state index is -4.87. The van der Waals surface area contributed by atoms with Crippen LogP contribution in [0, 0.1) is 0 Å². The van der Waals surface area contributed by atoms with Crippen LogP contribution in [0.15, 0.2) is 113 Å². The number of tetrazole rings is 1. The first-order valence-corrected chi connectivity index (χ1v) is 26.8. The molecule has 2 heterocycles. The zero-order valence-corrected chi connectivity index (χ0v) is 38.7. The van der Waals surface area contributed by atoms with E-state index >= 15 is 8.42 Å². The van der Waals surface area contributed by atoms with Gasteiger partial charge < -0.3 is 29.7 Å². The van der Waals surface area contributed by atoms with Crippen LogP contribution < -0.4 is 24.7 Å². The van der Waals surface area contributed by atoms with Crippen LogP contribution in [-0.4, -0.2) is 92.6 Å². The number of fused-ring (bicyclic) bond motifs is 1. The zero-order valence-electron chi connectivity index (χ0n) is 36.1. The molecule has 7 aromatic rings. The van der Waals surface area contributed by atoms with E-state index in [1.807, 2.05) is 31.8 Å². The summed E-state index contributed by atoms with van der Waals surface area (Å²) in [5.74, 6) is 1.31. The number of aromatic amines is 1. The van der Waals surface area contributed by atoms with Crippen molar-refractivity contribution in [1.82, 2.24) is 34.5 Å². The van der Waals surface area contributed by atoms with Crippen molar-refractivity contribution in [3.8, 4) is 45.8 Å². The number of sulfonamides is 1. The van der Waals surface area contributed by atoms with E-state index in [2.05, 4.69) is 20.3 Å². The topological polar surface area (TPSA) is 224 Å². The largest absolute Gasteiger partial charge is 0.497 e. The lowest BCUT2D eigenvalue weighted by Crippen LogP contribution is -2.32. The van der Waals surface area contributed by atoms with E-state index in [4.69, 9.17) is 29.8 Å². The van der Waals surface area contributed by atoms with Crippen LogP contribution in [0.4, 0.5) is 4.79 Å². The number of benzene rings is 5. The first-order valence-electron chi connectivity index (χ1n) is 20.0. The molecule has 334 valence electrons. The van der Waals surface area contributed by atoms with Crippen LogP contribution in [0.2, 0.25) is 25.7 Å². The van der Waals surface area contributed by atoms with Gasteiger partial charge >= 0.3 is 12.1 Å². The molecule has 7 rings (SSSR count). The quantitative estimate of drug-likeness (QED) is 0.0836. The van der Waals surface area contributed by atoms with Gasteiger partial charge in [-0.2, -0.15) is 14.1 Å². The molecule has 17 nitrogen and oxygen atoms in total. The van der Waals surface area contributed by atoms with Crippen molar-refractivity contribution in [1.29, 1.82) is 0 Å². The summed E-state index contributed by atoms with van der Waals surface area (Å²) < 4.78 is 84.1. The van der Waals surface area contributed by atoms with Gasteiger partial charge in [0.05, 0.1) is 49.6 Å². The lowest BCUT2D eigenvalue weighted by Gasteiger charge is -2.26. The number of H-pyrrole nitrogens is 1. The number of hydrogen-bond donors (Lipinski definition) is 2. The van der Waals surface area contributed by atoms with Crippen molar-refractivity contribution >= 4 is 45.1 Å². The van der Waals surface area contributed by atoms with E-state index in [-0.39, 0.29) is 53.9 Å². The second kappa shape index (κ2) is 18.6. The zero-order chi connectivity index (χ0) is 45.8. The lowest BCUT2D eigenvalue weighted by atomic mass is 9.98. The Morgan fingerprint density at radius 3 is 1.84 bits per heavy atom. The number of imidazole rings is 1. The van der Waals surface area contributed by atoms with Gasteiger partial charge in [0.2, 0.25) is 15.8 Å². The number of nitrogens with one attached hydrogen (secondary N) is 1. The number of ether oxygens (including phenoxy) is 4. The van der Waals surface area contributed by atoms with Gasteiger partial charge in [0.15, 0.2) is 9.84 Å². The van der Waals surface area contributed by atoms with E-state index in [1.54, 1.807) is 86.0 Å². The molecule has 20 heteroatoms. The van der Waals surface area contributed by atoms with Crippen LogP contribution in [0.25, 0.3) is 33.5 Å². The number of nitrogens with zero attached hydrogens (tertiary/aromatic N) is 6. The third-order valence-corrected chi connectivity index (χ3v) is 16.2. The van der Waals surface area contributed by atoms with Gasteiger partial charge in [0.25, 0.3) is 0 Å². The number of carbonyl (C=O) groups is 1. The summed E-state index contributed by atoms with van der Waals surface area (Å²) >= 11 is 0. The van der Waals surface area contributed by atoms with E-state index in [9.17, 15) is 13.2 Å². The molecule has 0 spiro atoms. The molecular formula is C44H48N8O9S2Si. The Bertz CT molecular complexity index is 2960. The van der Waals surface area contributed by atoms with Gasteiger partial charge in [-0.15, -0.1) is 10.2 Å². The number of primary amides is 1. The normalized spacial score (nSPS) is 12.1. The van der Waals surface area contributed by atoms with Crippen molar-refractivity contribution in [3.05, 3.63) is 120 Å². The third-order valence-electron chi connectivity index (χ3n) is 10.3. The third kappa shape index (κ3) is 10.3. The smallest absolute Gasteiger partial charge is 0.412 e. The second-order valence-electron chi connectivity index (χ2n) is 16.1. The van der Waals surface area contributed by atoms with E-state index in [0.717, 1.165) is 5.56 Å². The molecule has 0 unspecified atom stereocenters. The molecule has 0 fully saturated rings. The summed E-state index contributed by atoms with van der Waals surface area (Å²) in [5, 5.41) is 13.5. The maximum atomic E-state index is 16.0. The van der Waals surface area contributed by atoms with Crippen molar-refractivity contribution in [2.45, 2.75) is 55.1 Å². The summed E-state index contributed by atoms with van der Waals surface area (Å²) in [5.41, 5.74) is 8.41. The maximum absolute atomic E-state index is 16.0. The Labute approximate surface area is 372 Å². The summed E-state index contributed by atoms with van der Waals surface area (Å²) in [7, 11) is -6.55. The number of hydrogen-bond acceptors (Lipinski definition) is 13. The van der Waals surface area contributed by atoms with Crippen molar-refractivity contribution in [2.75, 3.05) is 27.1 Å². The van der Waals surface area contributed by atoms with Gasteiger partial charge in [-0.3, -0.25) is 0 Å². The van der Waals surface area contributed by atoms with Gasteiger partial charge in [-0.25, -0.2) is 21.6 Å². The molecule has 0 aliphatic heterocycles. The minimum absolute atomic E-state index is 0.127. The Kier molecular flexibility index (Phi) is 13.2. The molecule has 0 radical (unpaired) electrons. The molecule has 0 saturated heterocycles. The molecular weight excluding hydrogens is 877 g/mol. The minimum Gasteiger partial charge on any atom is -0.497 e. The average Bonchev–Trinajstić information content (AvgIpc) is 3.92. The molecule has 2 aromatic heterocycles. The van der Waals surface area contributed by atoms with Crippen LogP contribution in [0.1, 0.15) is 16.7 Å². The number of sulfone groups is 1. The van der Waals surface area contributed by atoms with E-state index < -0.39 is 43.8 Å². The molecule has 0 bridgehead atoms. The molecule has 5 aromatic carbocycles. The number of rotatable bonds is 18. The van der Waals surface area contributed by atoms with E-state index in [0.29, 0.717) is 45.5 Å². The second-order valence-corrected chi connectivity index (χ2v) is 25.6. The van der Waals surface area contributed by atoms with Gasteiger partial charge in [-0.1, -0.05) is 74.2 Å². The molecule has 0 atom stereocenters. The summed E-state index contributed by atoms with van der Waals surface area (Å²) in [6, 6.07) is 29.1. The van der Waals surface area contributed by atoms with E-state index in [1.165, 1.54) is 35.5 Å². The average molecular weight is 925 g/mol. The fourth-order valence-corrected chi connectivity index (χ4v) is 13.7. The molecule has 0 aliphatic carbocycles. The SMILES string of the molecule is COc1ccc(CN(Cc2ccc(OC)cc2)S(=O)(=O)c2c(S(=O)(=O)CC[Si](C)(C)C)ccc(-c3cccc4[nH]c(OC(N)=O)nc34)c2-c2nnn(Cc3ccc(OC)cc3)n2)cc1. The Morgan fingerprint density at radius 2 is 1.31 bits per heavy atom. The highest BCUT2D eigenvalue weighted by atomic mass is 32.2. The van der Waals surface area contributed by atoms with Crippen molar-refractivity contribution in [2.24, 2.45) is 5.73 Å². The van der Waals surface area contributed by atoms with Gasteiger partial charge in [0, 0.05) is 26.7 Å². The number of aromatic nitrogens is 6. The number of para-hydroxylation sites is 1. The molecule has 0 saturated carbocycles. The predicted molar refractivity (Wildman–Crippen MR) is 243 cm³/mol. The fraction of sp³-hybridized carbons (Fsp3) is 0.250. The molecule has 1 amide bonds. The highest BCUT2D eigenvalue weighted by molar-refractivity contribution is 7.93. The molecule has 64 heavy (non-hydrogen) atoms.